The van der Waals surface area contributed by atoms with Crippen molar-refractivity contribution in [3.63, 3.8) is 0 Å². The fourth-order valence-corrected chi connectivity index (χ4v) is 1.76. The van der Waals surface area contributed by atoms with E-state index in [2.05, 4.69) is 20.4 Å². The molecule has 0 aliphatic carbocycles. The molecule has 3 N–H and O–H groups in total. The number of azo groups is 1. The highest BCUT2D eigenvalue weighted by atomic mass is 32.1. The Morgan fingerprint density at radius 1 is 1.43 bits per heavy atom. The second-order valence-electron chi connectivity index (χ2n) is 4.02. The number of nitrogens with one attached hydrogen (secondary N) is 1. The van der Waals surface area contributed by atoms with Crippen molar-refractivity contribution in [2.75, 3.05) is 19.6 Å². The lowest BCUT2D eigenvalue weighted by atomic mass is 10.2. The van der Waals surface area contributed by atoms with Crippen LogP contribution in [-0.4, -0.2) is 28.6 Å². The van der Waals surface area contributed by atoms with E-state index < -0.39 is 0 Å². The minimum Gasteiger partial charge on any atom is -0.493 e. The lowest BCUT2D eigenvalue weighted by Gasteiger charge is -2.09. The number of methoxy groups -OCH3 is 1. The van der Waals surface area contributed by atoms with Crippen molar-refractivity contribution in [2.24, 2.45) is 10.2 Å². The Morgan fingerprint density at radius 2 is 2.24 bits per heavy atom. The Labute approximate surface area is 126 Å². The van der Waals surface area contributed by atoms with Gasteiger partial charge in [0.2, 0.25) is 4.77 Å². The number of rotatable bonds is 6. The maximum absolute atomic E-state index is 5.61. The molecule has 2 rings (SSSR count). The molecule has 0 bridgehead atoms. The van der Waals surface area contributed by atoms with Crippen molar-refractivity contribution in [1.82, 2.24) is 14.9 Å². The third kappa shape index (κ3) is 3.57. The Balaban J connectivity index is 2.09. The average molecular weight is 308 g/mol. The molecule has 1 aromatic carbocycles. The minimum absolute atomic E-state index is 0.220. The van der Waals surface area contributed by atoms with E-state index in [1.165, 1.54) is 0 Å². The third-order valence-electron chi connectivity index (χ3n) is 2.63. The molecule has 2 aromatic rings. The summed E-state index contributed by atoms with van der Waals surface area (Å²) in [4.78, 5) is 0. The summed E-state index contributed by atoms with van der Waals surface area (Å²) in [7, 11) is 1.59. The van der Waals surface area contributed by atoms with Gasteiger partial charge in [-0.1, -0.05) is 6.07 Å². The zero-order chi connectivity index (χ0) is 15.2. The van der Waals surface area contributed by atoms with E-state index in [0.717, 1.165) is 10.2 Å². The molecular formula is C12H16N6O2S. The predicted octanol–water partition coefficient (Wildman–Crippen LogP) is 2.35. The van der Waals surface area contributed by atoms with Gasteiger partial charge < -0.3 is 15.3 Å². The van der Waals surface area contributed by atoms with Gasteiger partial charge in [0, 0.05) is 0 Å². The summed E-state index contributed by atoms with van der Waals surface area (Å²) in [5.74, 6) is 7.19. The monoisotopic (exact) mass is 308 g/mol. The van der Waals surface area contributed by atoms with Crippen LogP contribution in [0, 0.1) is 4.77 Å². The molecule has 9 heteroatoms. The first-order valence-electron chi connectivity index (χ1n) is 6.25. The van der Waals surface area contributed by atoms with Gasteiger partial charge >= 0.3 is 0 Å². The molecule has 0 amide bonds. The van der Waals surface area contributed by atoms with E-state index in [4.69, 9.17) is 27.5 Å². The van der Waals surface area contributed by atoms with Crippen molar-refractivity contribution < 1.29 is 9.47 Å². The van der Waals surface area contributed by atoms with Gasteiger partial charge in [0.15, 0.2) is 11.5 Å². The van der Waals surface area contributed by atoms with Gasteiger partial charge in [0.25, 0.3) is 5.95 Å². The van der Waals surface area contributed by atoms with E-state index in [-0.39, 0.29) is 10.7 Å². The third-order valence-corrected chi connectivity index (χ3v) is 2.92. The van der Waals surface area contributed by atoms with Crippen molar-refractivity contribution in [2.45, 2.75) is 13.5 Å². The highest BCUT2D eigenvalue weighted by Crippen LogP contribution is 2.28. The number of hydrogen-bond donors (Lipinski definition) is 2. The molecule has 0 spiro atoms. The maximum Gasteiger partial charge on any atom is 0.286 e. The molecule has 0 aliphatic rings. The smallest absolute Gasteiger partial charge is 0.286 e. The molecule has 0 fully saturated rings. The summed E-state index contributed by atoms with van der Waals surface area (Å²) >= 11 is 4.88. The summed E-state index contributed by atoms with van der Waals surface area (Å²) in [6.07, 6.45) is 0. The van der Waals surface area contributed by atoms with Crippen molar-refractivity contribution in [3.8, 4) is 11.5 Å². The Kier molecular flexibility index (Phi) is 4.88. The first kappa shape index (κ1) is 15.0. The summed E-state index contributed by atoms with van der Waals surface area (Å²) in [5, 5.41) is 14.3. The summed E-state index contributed by atoms with van der Waals surface area (Å²) in [6.45, 7) is 2.86. The Hall–Kier alpha value is -2.42. The lowest BCUT2D eigenvalue weighted by molar-refractivity contribution is 0.310. The van der Waals surface area contributed by atoms with Crippen LogP contribution in [0.5, 0.6) is 11.5 Å². The second-order valence-corrected chi connectivity index (χ2v) is 4.40. The van der Waals surface area contributed by atoms with E-state index in [1.807, 2.05) is 25.1 Å². The summed E-state index contributed by atoms with van der Waals surface area (Å²) in [6, 6.07) is 5.59. The zero-order valence-corrected chi connectivity index (χ0v) is 12.6. The number of aromatic nitrogens is 3. The van der Waals surface area contributed by atoms with Gasteiger partial charge in [-0.3, -0.25) is 0 Å². The van der Waals surface area contributed by atoms with Gasteiger partial charge in [0.05, 0.1) is 20.3 Å². The van der Waals surface area contributed by atoms with E-state index in [1.54, 1.807) is 7.11 Å². The number of nitrogens with two attached hydrogens (primary N) is 1. The van der Waals surface area contributed by atoms with Crippen LogP contribution in [0.3, 0.4) is 0 Å². The highest BCUT2D eigenvalue weighted by molar-refractivity contribution is 7.71. The predicted molar refractivity (Wildman–Crippen MR) is 79.9 cm³/mol. The standard InChI is InChI=1S/C12H16N6O2S/c1-3-20-9-5-4-8(6-10(9)19-2)7-14-15-11-16-17-12(21)18(11)13/h4-6H,3,7,13H2,1-2H3,(H,17,21). The number of hydrogen-bond acceptors (Lipinski definition) is 7. The van der Waals surface area contributed by atoms with Crippen LogP contribution in [-0.2, 0) is 6.54 Å². The van der Waals surface area contributed by atoms with Gasteiger partial charge in [-0.05, 0) is 36.8 Å². The Bertz CT molecular complexity index is 693. The number of ether oxygens (including phenoxy) is 2. The Morgan fingerprint density at radius 3 is 2.86 bits per heavy atom. The maximum atomic E-state index is 5.61. The first-order chi connectivity index (χ1) is 10.2. The van der Waals surface area contributed by atoms with Gasteiger partial charge in [-0.15, -0.1) is 10.2 Å². The fourth-order valence-electron chi connectivity index (χ4n) is 1.63. The van der Waals surface area contributed by atoms with Crippen molar-refractivity contribution in [1.29, 1.82) is 0 Å². The van der Waals surface area contributed by atoms with Crippen molar-refractivity contribution in [3.05, 3.63) is 28.5 Å². The van der Waals surface area contributed by atoms with Gasteiger partial charge in [-0.2, -0.15) is 9.79 Å². The number of nitrogen functional groups attached to an aromatic ring is 1. The van der Waals surface area contributed by atoms with Crippen LogP contribution < -0.4 is 15.3 Å². The molecule has 0 atom stereocenters. The molecule has 1 aromatic heterocycles. The second kappa shape index (κ2) is 6.84. The number of H-pyrrole nitrogens is 1. The summed E-state index contributed by atoms with van der Waals surface area (Å²) in [5.41, 5.74) is 0.928. The van der Waals surface area contributed by atoms with Crippen molar-refractivity contribution >= 4 is 18.2 Å². The number of nitrogens with zero attached hydrogens (tertiary/aromatic N) is 4. The molecule has 0 unspecified atom stereocenters. The van der Waals surface area contributed by atoms with Gasteiger partial charge in [-0.25, -0.2) is 5.10 Å². The fraction of sp³-hybridized carbons (Fsp3) is 0.333. The van der Waals surface area contributed by atoms with Crippen LogP contribution in [0.4, 0.5) is 5.95 Å². The number of aromatic amines is 1. The van der Waals surface area contributed by atoms with E-state index >= 15 is 0 Å². The quantitative estimate of drug-likeness (QED) is 0.484. The molecule has 0 saturated carbocycles. The van der Waals surface area contributed by atoms with Crippen LogP contribution in [0.2, 0.25) is 0 Å². The largest absolute Gasteiger partial charge is 0.493 e. The molecule has 0 saturated heterocycles. The molecule has 21 heavy (non-hydrogen) atoms. The molecular weight excluding hydrogens is 292 g/mol. The van der Waals surface area contributed by atoms with E-state index in [0.29, 0.717) is 24.7 Å². The lowest BCUT2D eigenvalue weighted by Crippen LogP contribution is -2.06. The zero-order valence-electron chi connectivity index (χ0n) is 11.7. The highest BCUT2D eigenvalue weighted by Gasteiger charge is 2.05. The van der Waals surface area contributed by atoms with Gasteiger partial charge in [0.1, 0.15) is 0 Å². The first-order valence-corrected chi connectivity index (χ1v) is 6.66. The normalized spacial score (nSPS) is 11.0. The molecule has 0 radical (unpaired) electrons. The molecule has 1 heterocycles. The average Bonchev–Trinajstić information content (AvgIpc) is 2.81. The van der Waals surface area contributed by atoms with Crippen LogP contribution in [0.1, 0.15) is 12.5 Å². The van der Waals surface area contributed by atoms with Crippen LogP contribution in [0.15, 0.2) is 28.4 Å². The number of benzene rings is 1. The SMILES string of the molecule is CCOc1ccc(CN=Nc2n[nH]c(=S)n2N)cc1OC. The topological polar surface area (TPSA) is 103 Å². The summed E-state index contributed by atoms with van der Waals surface area (Å²) < 4.78 is 12.2. The van der Waals surface area contributed by atoms with Crippen LogP contribution in [0.25, 0.3) is 0 Å². The van der Waals surface area contributed by atoms with Crippen LogP contribution >= 0.6 is 12.2 Å². The molecule has 8 nitrogen and oxygen atoms in total. The molecule has 0 aliphatic heterocycles. The molecule has 112 valence electrons. The minimum atomic E-state index is 0.220. The van der Waals surface area contributed by atoms with E-state index in [9.17, 15) is 0 Å².